The Kier molecular flexibility index (Phi) is 4.78. The molecule has 0 aromatic carbocycles. The molecule has 1 unspecified atom stereocenters. The molecule has 0 saturated carbocycles. The summed E-state index contributed by atoms with van der Waals surface area (Å²) in [4.78, 5) is 17.2. The zero-order chi connectivity index (χ0) is 15.5. The van der Waals surface area contributed by atoms with Gasteiger partial charge in [0.15, 0.2) is 5.69 Å². The number of likely N-dealkylation sites (tertiary alicyclic amines) is 1. The lowest BCUT2D eigenvalue weighted by atomic mass is 10.1. The van der Waals surface area contributed by atoms with Crippen molar-refractivity contribution in [3.05, 3.63) is 17.0 Å². The third kappa shape index (κ3) is 3.03. The lowest BCUT2D eigenvalue weighted by Crippen LogP contribution is -2.34. The molecule has 2 aliphatic heterocycles. The minimum absolute atomic E-state index is 0.100. The minimum atomic E-state index is 0.100. The van der Waals surface area contributed by atoms with E-state index in [1.54, 1.807) is 0 Å². The van der Waals surface area contributed by atoms with E-state index in [2.05, 4.69) is 34.3 Å². The smallest absolute Gasteiger partial charge is 0.274 e. The van der Waals surface area contributed by atoms with Gasteiger partial charge in [-0.15, -0.1) is 0 Å². The second-order valence-corrected chi connectivity index (χ2v) is 6.35. The van der Waals surface area contributed by atoms with E-state index < -0.39 is 0 Å². The van der Waals surface area contributed by atoms with Gasteiger partial charge in [0.25, 0.3) is 5.91 Å². The van der Waals surface area contributed by atoms with Crippen LogP contribution < -0.4 is 5.32 Å². The van der Waals surface area contributed by atoms with Gasteiger partial charge in [-0.05, 0) is 25.4 Å². The van der Waals surface area contributed by atoms with Crippen molar-refractivity contribution in [1.82, 2.24) is 25.3 Å². The summed E-state index contributed by atoms with van der Waals surface area (Å²) in [6.45, 7) is 11.1. The number of nitrogens with zero attached hydrogens (tertiary/aromatic N) is 3. The van der Waals surface area contributed by atoms with Gasteiger partial charge < -0.3 is 15.1 Å². The summed E-state index contributed by atoms with van der Waals surface area (Å²) in [7, 11) is 0. The van der Waals surface area contributed by atoms with Crippen molar-refractivity contribution in [2.75, 3.05) is 39.3 Å². The molecule has 2 N–H and O–H groups in total. The first-order valence-corrected chi connectivity index (χ1v) is 8.51. The largest absolute Gasteiger partial charge is 0.337 e. The van der Waals surface area contributed by atoms with Crippen LogP contribution in [0.25, 0.3) is 0 Å². The van der Waals surface area contributed by atoms with Gasteiger partial charge in [0.1, 0.15) is 0 Å². The van der Waals surface area contributed by atoms with Gasteiger partial charge in [-0.25, -0.2) is 0 Å². The van der Waals surface area contributed by atoms with Crippen LogP contribution in [-0.4, -0.2) is 65.2 Å². The summed E-state index contributed by atoms with van der Waals surface area (Å²) >= 11 is 0. The van der Waals surface area contributed by atoms with E-state index in [1.165, 1.54) is 0 Å². The number of carbonyl (C=O) groups is 1. The number of H-pyrrole nitrogens is 1. The molecule has 3 heterocycles. The average molecular weight is 305 g/mol. The number of rotatable bonds is 5. The summed E-state index contributed by atoms with van der Waals surface area (Å²) in [5, 5.41) is 10.7. The number of nitrogens with one attached hydrogen (secondary N) is 2. The SMILES string of the molecule is CCN(CC)CC1CCN(C(=O)c2n[nH]c3c2CNCC3)C1. The molecular weight excluding hydrogens is 278 g/mol. The molecule has 0 spiro atoms. The van der Waals surface area contributed by atoms with Gasteiger partial charge in [-0.1, -0.05) is 13.8 Å². The Morgan fingerprint density at radius 3 is 3.00 bits per heavy atom. The lowest BCUT2D eigenvalue weighted by Gasteiger charge is -2.22. The van der Waals surface area contributed by atoms with Crippen LogP contribution in [0.5, 0.6) is 0 Å². The summed E-state index contributed by atoms with van der Waals surface area (Å²) < 4.78 is 0. The van der Waals surface area contributed by atoms with E-state index in [0.717, 1.165) is 69.9 Å². The molecule has 1 fully saturated rings. The second kappa shape index (κ2) is 6.79. The number of hydrogen-bond donors (Lipinski definition) is 2. The monoisotopic (exact) mass is 305 g/mol. The Morgan fingerprint density at radius 1 is 1.41 bits per heavy atom. The van der Waals surface area contributed by atoms with Crippen molar-refractivity contribution in [2.45, 2.75) is 33.2 Å². The highest BCUT2D eigenvalue weighted by molar-refractivity contribution is 5.94. The first-order valence-electron chi connectivity index (χ1n) is 8.51. The van der Waals surface area contributed by atoms with E-state index >= 15 is 0 Å². The summed E-state index contributed by atoms with van der Waals surface area (Å²) in [5.41, 5.74) is 2.83. The van der Waals surface area contributed by atoms with E-state index in [1.807, 2.05) is 4.90 Å². The van der Waals surface area contributed by atoms with Crippen LogP contribution in [0, 0.1) is 5.92 Å². The quantitative estimate of drug-likeness (QED) is 0.847. The normalized spacial score (nSPS) is 21.4. The summed E-state index contributed by atoms with van der Waals surface area (Å²) in [5.74, 6) is 0.694. The van der Waals surface area contributed by atoms with Gasteiger partial charge in [0.05, 0.1) is 0 Å². The number of carbonyl (C=O) groups excluding carboxylic acids is 1. The molecule has 6 heteroatoms. The highest BCUT2D eigenvalue weighted by atomic mass is 16.2. The first-order chi connectivity index (χ1) is 10.7. The third-order valence-corrected chi connectivity index (χ3v) is 4.99. The maximum absolute atomic E-state index is 12.8. The van der Waals surface area contributed by atoms with Crippen molar-refractivity contribution < 1.29 is 4.79 Å². The van der Waals surface area contributed by atoms with Crippen molar-refractivity contribution in [3.63, 3.8) is 0 Å². The zero-order valence-corrected chi connectivity index (χ0v) is 13.7. The molecule has 122 valence electrons. The molecule has 1 amide bonds. The molecule has 0 bridgehead atoms. The average Bonchev–Trinajstić information content (AvgIpc) is 3.19. The molecule has 1 atom stereocenters. The Bertz CT molecular complexity index is 523. The molecule has 1 saturated heterocycles. The fourth-order valence-electron chi connectivity index (χ4n) is 3.57. The van der Waals surface area contributed by atoms with E-state index in [0.29, 0.717) is 11.6 Å². The fraction of sp³-hybridized carbons (Fsp3) is 0.750. The van der Waals surface area contributed by atoms with E-state index in [9.17, 15) is 4.79 Å². The van der Waals surface area contributed by atoms with Crippen LogP contribution in [0.2, 0.25) is 0 Å². The maximum atomic E-state index is 12.8. The molecule has 1 aromatic rings. The molecule has 3 rings (SSSR count). The zero-order valence-electron chi connectivity index (χ0n) is 13.7. The number of amides is 1. The van der Waals surface area contributed by atoms with Crippen LogP contribution >= 0.6 is 0 Å². The fourth-order valence-corrected chi connectivity index (χ4v) is 3.57. The Morgan fingerprint density at radius 2 is 2.23 bits per heavy atom. The van der Waals surface area contributed by atoms with Crippen LogP contribution in [-0.2, 0) is 13.0 Å². The molecule has 1 aromatic heterocycles. The highest BCUT2D eigenvalue weighted by Gasteiger charge is 2.31. The molecule has 6 nitrogen and oxygen atoms in total. The molecule has 0 radical (unpaired) electrons. The number of aromatic nitrogens is 2. The topological polar surface area (TPSA) is 64.3 Å². The van der Waals surface area contributed by atoms with Gasteiger partial charge in [0.2, 0.25) is 0 Å². The van der Waals surface area contributed by atoms with Gasteiger partial charge >= 0.3 is 0 Å². The standard InChI is InChI=1S/C16H27N5O/c1-3-20(4-2)10-12-6-8-21(11-12)16(22)15-13-9-17-7-5-14(13)18-19-15/h12,17H,3-11H2,1-2H3,(H,18,19). The summed E-state index contributed by atoms with van der Waals surface area (Å²) in [6.07, 6.45) is 2.04. The van der Waals surface area contributed by atoms with Gasteiger partial charge in [-0.3, -0.25) is 9.89 Å². The van der Waals surface area contributed by atoms with Crippen molar-refractivity contribution in [3.8, 4) is 0 Å². The van der Waals surface area contributed by atoms with Crippen LogP contribution in [0.15, 0.2) is 0 Å². The molecule has 22 heavy (non-hydrogen) atoms. The molecule has 0 aliphatic carbocycles. The predicted octanol–water partition coefficient (Wildman–Crippen LogP) is 0.859. The van der Waals surface area contributed by atoms with Crippen molar-refractivity contribution in [2.24, 2.45) is 5.92 Å². The minimum Gasteiger partial charge on any atom is -0.337 e. The highest BCUT2D eigenvalue weighted by Crippen LogP contribution is 2.22. The number of hydrogen-bond acceptors (Lipinski definition) is 4. The number of fused-ring (bicyclic) bond motifs is 1. The Hall–Kier alpha value is -1.40. The first kappa shape index (κ1) is 15.5. The third-order valence-electron chi connectivity index (χ3n) is 4.99. The molecule has 2 aliphatic rings. The van der Waals surface area contributed by atoms with Crippen LogP contribution in [0.1, 0.15) is 42.0 Å². The van der Waals surface area contributed by atoms with Gasteiger partial charge in [-0.2, -0.15) is 5.10 Å². The van der Waals surface area contributed by atoms with Crippen molar-refractivity contribution >= 4 is 5.91 Å². The second-order valence-electron chi connectivity index (χ2n) is 6.35. The van der Waals surface area contributed by atoms with E-state index in [4.69, 9.17) is 0 Å². The summed E-state index contributed by atoms with van der Waals surface area (Å²) in [6, 6.07) is 0. The maximum Gasteiger partial charge on any atom is 0.274 e. The Labute approximate surface area is 132 Å². The Balaban J connectivity index is 1.63. The van der Waals surface area contributed by atoms with E-state index in [-0.39, 0.29) is 5.91 Å². The van der Waals surface area contributed by atoms with Gasteiger partial charge in [0, 0.05) is 50.4 Å². The van der Waals surface area contributed by atoms with Crippen LogP contribution in [0.4, 0.5) is 0 Å². The predicted molar refractivity (Wildman–Crippen MR) is 85.8 cm³/mol. The number of aromatic amines is 1. The molecular formula is C16H27N5O. The van der Waals surface area contributed by atoms with Crippen LogP contribution in [0.3, 0.4) is 0 Å². The lowest BCUT2D eigenvalue weighted by molar-refractivity contribution is 0.0776. The van der Waals surface area contributed by atoms with Crippen molar-refractivity contribution in [1.29, 1.82) is 0 Å².